The monoisotopic (exact) mass is 338 g/mol. The first-order valence-corrected chi connectivity index (χ1v) is 8.13. The van der Waals surface area contributed by atoms with Crippen LogP contribution in [0.4, 0.5) is 5.82 Å². The van der Waals surface area contributed by atoms with Gasteiger partial charge in [-0.2, -0.15) is 5.10 Å². The van der Waals surface area contributed by atoms with Crippen LogP contribution in [0.2, 0.25) is 0 Å². The number of amides is 1. The largest absolute Gasteiger partial charge is 0.472 e. The minimum Gasteiger partial charge on any atom is -0.472 e. The number of furan rings is 1. The van der Waals surface area contributed by atoms with Crippen LogP contribution in [0.3, 0.4) is 0 Å². The molecule has 0 atom stereocenters. The van der Waals surface area contributed by atoms with E-state index in [1.54, 1.807) is 10.7 Å². The molecule has 8 nitrogen and oxygen atoms in total. The number of aryl methyl sites for hydroxylation is 1. The van der Waals surface area contributed by atoms with Gasteiger partial charge in [-0.3, -0.25) is 4.79 Å². The molecule has 0 unspecified atom stereocenters. The van der Waals surface area contributed by atoms with Crippen molar-refractivity contribution in [2.75, 3.05) is 31.1 Å². The molecule has 3 aromatic rings. The summed E-state index contributed by atoms with van der Waals surface area (Å²) in [6.07, 6.45) is 4.86. The third-order valence-electron chi connectivity index (χ3n) is 4.25. The second kappa shape index (κ2) is 6.39. The predicted octanol–water partition coefficient (Wildman–Crippen LogP) is 1.53. The average Bonchev–Trinajstić information content (AvgIpc) is 3.33. The van der Waals surface area contributed by atoms with E-state index in [0.29, 0.717) is 24.5 Å². The highest BCUT2D eigenvalue weighted by Gasteiger charge is 2.23. The van der Waals surface area contributed by atoms with Gasteiger partial charge in [0.2, 0.25) is 0 Å². The zero-order valence-corrected chi connectivity index (χ0v) is 13.9. The molecule has 128 valence electrons. The number of rotatable bonds is 3. The number of nitrogens with zero attached hydrogens (tertiary/aromatic N) is 6. The molecule has 0 aromatic carbocycles. The minimum absolute atomic E-state index is 0.00360. The third-order valence-corrected chi connectivity index (χ3v) is 4.25. The zero-order valence-electron chi connectivity index (χ0n) is 13.9. The van der Waals surface area contributed by atoms with E-state index in [0.717, 1.165) is 24.6 Å². The Morgan fingerprint density at radius 1 is 1.04 bits per heavy atom. The van der Waals surface area contributed by atoms with Gasteiger partial charge in [0, 0.05) is 32.4 Å². The fraction of sp³-hybridized carbons (Fsp3) is 0.294. The van der Waals surface area contributed by atoms with E-state index in [4.69, 9.17) is 4.42 Å². The van der Waals surface area contributed by atoms with Crippen LogP contribution in [0.15, 0.2) is 47.4 Å². The van der Waals surface area contributed by atoms with Gasteiger partial charge in [0.05, 0.1) is 17.5 Å². The number of carbonyl (C=O) groups is 1. The van der Waals surface area contributed by atoms with Gasteiger partial charge in [0.15, 0.2) is 11.6 Å². The smallest absolute Gasteiger partial charge is 0.257 e. The normalized spacial score (nSPS) is 14.8. The Kier molecular flexibility index (Phi) is 3.93. The molecule has 4 heterocycles. The number of hydrogen-bond acceptors (Lipinski definition) is 6. The maximum atomic E-state index is 12.3. The van der Waals surface area contributed by atoms with Crippen LogP contribution < -0.4 is 4.90 Å². The molecule has 0 radical (unpaired) electrons. The van der Waals surface area contributed by atoms with Gasteiger partial charge in [-0.25, -0.2) is 4.68 Å². The minimum atomic E-state index is 0.00360. The van der Waals surface area contributed by atoms with Gasteiger partial charge in [-0.1, -0.05) is 0 Å². The summed E-state index contributed by atoms with van der Waals surface area (Å²) in [7, 11) is 0. The van der Waals surface area contributed by atoms with E-state index in [-0.39, 0.29) is 5.91 Å². The molecule has 0 saturated carbocycles. The Balaban J connectivity index is 1.40. The van der Waals surface area contributed by atoms with Gasteiger partial charge in [-0.05, 0) is 31.2 Å². The van der Waals surface area contributed by atoms with E-state index in [9.17, 15) is 4.79 Å². The molecule has 1 aliphatic heterocycles. The lowest BCUT2D eigenvalue weighted by Gasteiger charge is -2.35. The quantitative estimate of drug-likeness (QED) is 0.720. The van der Waals surface area contributed by atoms with E-state index in [1.165, 1.54) is 12.5 Å². The first-order chi connectivity index (χ1) is 12.2. The average molecular weight is 338 g/mol. The van der Waals surface area contributed by atoms with Crippen molar-refractivity contribution in [3.05, 3.63) is 54.2 Å². The second-order valence-electron chi connectivity index (χ2n) is 5.94. The van der Waals surface area contributed by atoms with Crippen LogP contribution in [-0.4, -0.2) is 57.0 Å². The lowest BCUT2D eigenvalue weighted by atomic mass is 10.2. The van der Waals surface area contributed by atoms with Crippen LogP contribution in [0.5, 0.6) is 0 Å². The van der Waals surface area contributed by atoms with Crippen molar-refractivity contribution in [1.29, 1.82) is 0 Å². The third kappa shape index (κ3) is 3.10. The number of hydrogen-bond donors (Lipinski definition) is 0. The SMILES string of the molecule is Cc1ccn(-c2ccc(N3CCN(C(=O)c4ccoc4)CC3)nn2)n1. The van der Waals surface area contributed by atoms with Crippen molar-refractivity contribution in [2.24, 2.45) is 0 Å². The first-order valence-electron chi connectivity index (χ1n) is 8.13. The van der Waals surface area contributed by atoms with Gasteiger partial charge >= 0.3 is 0 Å². The molecule has 1 saturated heterocycles. The number of anilines is 1. The molecular formula is C17H18N6O2. The standard InChI is InChI=1S/C17H18N6O2/c1-13-4-6-23(20-13)16-3-2-15(18-19-16)21-7-9-22(10-8-21)17(24)14-5-11-25-12-14/h2-6,11-12H,7-10H2,1H3. The highest BCUT2D eigenvalue weighted by Crippen LogP contribution is 2.16. The zero-order chi connectivity index (χ0) is 17.2. The fourth-order valence-corrected chi connectivity index (χ4v) is 2.86. The molecule has 4 rings (SSSR count). The van der Waals surface area contributed by atoms with Crippen LogP contribution >= 0.6 is 0 Å². The molecule has 1 amide bonds. The summed E-state index contributed by atoms with van der Waals surface area (Å²) < 4.78 is 6.68. The van der Waals surface area contributed by atoms with Crippen molar-refractivity contribution < 1.29 is 9.21 Å². The van der Waals surface area contributed by atoms with E-state index < -0.39 is 0 Å². The van der Waals surface area contributed by atoms with Gasteiger partial charge in [0.1, 0.15) is 6.26 Å². The van der Waals surface area contributed by atoms with Gasteiger partial charge in [-0.15, -0.1) is 10.2 Å². The van der Waals surface area contributed by atoms with Crippen molar-refractivity contribution in [3.63, 3.8) is 0 Å². The summed E-state index contributed by atoms with van der Waals surface area (Å²) in [6.45, 7) is 4.66. The van der Waals surface area contributed by atoms with E-state index in [1.807, 2.05) is 36.2 Å². The van der Waals surface area contributed by atoms with Crippen LogP contribution in [0.1, 0.15) is 16.1 Å². The maximum Gasteiger partial charge on any atom is 0.257 e. The maximum absolute atomic E-state index is 12.3. The molecule has 25 heavy (non-hydrogen) atoms. The van der Waals surface area contributed by atoms with Gasteiger partial charge in [0.25, 0.3) is 5.91 Å². The summed E-state index contributed by atoms with van der Waals surface area (Å²) in [6, 6.07) is 7.45. The summed E-state index contributed by atoms with van der Waals surface area (Å²) in [4.78, 5) is 16.3. The molecule has 1 fully saturated rings. The Bertz CT molecular complexity index is 848. The first kappa shape index (κ1) is 15.4. The predicted molar refractivity (Wildman–Crippen MR) is 90.7 cm³/mol. The van der Waals surface area contributed by atoms with Crippen LogP contribution in [0.25, 0.3) is 5.82 Å². The molecule has 1 aliphatic rings. The van der Waals surface area contributed by atoms with Crippen LogP contribution in [-0.2, 0) is 0 Å². The summed E-state index contributed by atoms with van der Waals surface area (Å²) in [5.74, 6) is 1.50. The van der Waals surface area contributed by atoms with E-state index >= 15 is 0 Å². The highest BCUT2D eigenvalue weighted by molar-refractivity contribution is 5.94. The molecule has 3 aromatic heterocycles. The van der Waals surface area contributed by atoms with Gasteiger partial charge < -0.3 is 14.2 Å². The van der Waals surface area contributed by atoms with Crippen molar-refractivity contribution in [2.45, 2.75) is 6.92 Å². The Hall–Kier alpha value is -3.16. The number of aromatic nitrogens is 4. The Labute approximate surface area is 144 Å². The molecule has 0 aliphatic carbocycles. The number of carbonyl (C=O) groups excluding carboxylic acids is 1. The molecule has 0 spiro atoms. The van der Waals surface area contributed by atoms with Crippen LogP contribution in [0, 0.1) is 6.92 Å². The molecule has 0 bridgehead atoms. The molecule has 8 heteroatoms. The lowest BCUT2D eigenvalue weighted by molar-refractivity contribution is 0.0745. The summed E-state index contributed by atoms with van der Waals surface area (Å²) in [5, 5.41) is 12.9. The van der Waals surface area contributed by atoms with Crippen molar-refractivity contribution in [3.8, 4) is 5.82 Å². The fourth-order valence-electron chi connectivity index (χ4n) is 2.86. The number of piperazine rings is 1. The topological polar surface area (TPSA) is 80.3 Å². The molecular weight excluding hydrogens is 320 g/mol. The Morgan fingerprint density at radius 2 is 1.80 bits per heavy atom. The van der Waals surface area contributed by atoms with Crippen molar-refractivity contribution in [1.82, 2.24) is 24.9 Å². The molecule has 0 N–H and O–H groups in total. The second-order valence-corrected chi connectivity index (χ2v) is 5.94. The summed E-state index contributed by atoms with van der Waals surface area (Å²) >= 11 is 0. The van der Waals surface area contributed by atoms with E-state index in [2.05, 4.69) is 20.2 Å². The lowest BCUT2D eigenvalue weighted by Crippen LogP contribution is -2.49. The Morgan fingerprint density at radius 3 is 2.40 bits per heavy atom. The summed E-state index contributed by atoms with van der Waals surface area (Å²) in [5.41, 5.74) is 1.52. The van der Waals surface area contributed by atoms with Crippen molar-refractivity contribution >= 4 is 11.7 Å². The highest BCUT2D eigenvalue weighted by atomic mass is 16.3.